The molecule has 30 heavy (non-hydrogen) atoms. The van der Waals surface area contributed by atoms with E-state index in [1.807, 2.05) is 60.8 Å². The molecule has 4 aromatic rings. The zero-order valence-corrected chi connectivity index (χ0v) is 16.5. The van der Waals surface area contributed by atoms with Gasteiger partial charge in [-0.2, -0.15) is 0 Å². The van der Waals surface area contributed by atoms with E-state index >= 15 is 0 Å². The van der Waals surface area contributed by atoms with Crippen LogP contribution in [-0.2, 0) is 4.79 Å². The summed E-state index contributed by atoms with van der Waals surface area (Å²) in [7, 11) is 0. The van der Waals surface area contributed by atoms with Crippen LogP contribution >= 0.6 is 0 Å². The molecule has 1 radical (unpaired) electrons. The number of aromatic nitrogens is 1. The number of hydrogen-bond acceptors (Lipinski definition) is 2. The highest BCUT2D eigenvalue weighted by atomic mass is 16.2. The number of carbonyl (C=O) groups excluding carboxylic acids is 1. The Labute approximate surface area is 175 Å². The van der Waals surface area contributed by atoms with Crippen molar-refractivity contribution in [3.63, 3.8) is 0 Å². The molecule has 0 saturated heterocycles. The molecule has 0 fully saturated rings. The third-order valence-electron chi connectivity index (χ3n) is 5.27. The molecule has 145 valence electrons. The summed E-state index contributed by atoms with van der Waals surface area (Å²) in [6, 6.07) is 27.2. The highest BCUT2D eigenvalue weighted by molar-refractivity contribution is 6.35. The third-order valence-corrected chi connectivity index (χ3v) is 5.27. The first-order chi connectivity index (χ1) is 14.7. The molecular weight excluding hydrogens is 370 g/mol. The Kier molecular flexibility index (Phi) is 4.45. The van der Waals surface area contributed by atoms with E-state index < -0.39 is 0 Å². The number of nitrogens with one attached hydrogen (secondary N) is 3. The monoisotopic (exact) mass is 390 g/mol. The molecule has 0 spiro atoms. The zero-order chi connectivity index (χ0) is 20.5. The maximum Gasteiger partial charge on any atom is 0.256 e. The van der Waals surface area contributed by atoms with Crippen LogP contribution in [0, 0.1) is 13.0 Å². The third kappa shape index (κ3) is 3.40. The summed E-state index contributed by atoms with van der Waals surface area (Å²) < 4.78 is 0. The number of amides is 1. The van der Waals surface area contributed by atoms with Gasteiger partial charge in [0.1, 0.15) is 0 Å². The number of hydrogen-bond donors (Lipinski definition) is 3. The minimum absolute atomic E-state index is 0.0882. The molecular formula is C26H20N3O. The standard InChI is InChI=1S/C26H20N3O/c1-17-9-10-20(15-23(17)18-6-3-2-4-7-18)28-21-11-12-22-24(14-19-8-5-13-27-19)26(30)29-25(22)16-21/h2-3,5-16,27-28H,1H3,(H,29,30). The molecule has 0 atom stereocenters. The molecule has 1 amide bonds. The van der Waals surface area contributed by atoms with E-state index in [0.29, 0.717) is 5.57 Å². The number of H-pyrrole nitrogens is 1. The molecule has 2 heterocycles. The Hall–Kier alpha value is -4.05. The summed E-state index contributed by atoms with van der Waals surface area (Å²) in [5.74, 6) is -0.0882. The van der Waals surface area contributed by atoms with Crippen molar-refractivity contribution in [2.45, 2.75) is 6.92 Å². The number of benzene rings is 3. The molecule has 1 aliphatic heterocycles. The van der Waals surface area contributed by atoms with Crippen molar-refractivity contribution < 1.29 is 4.79 Å². The predicted octanol–water partition coefficient (Wildman–Crippen LogP) is 6.03. The van der Waals surface area contributed by atoms with Gasteiger partial charge in [0, 0.05) is 28.8 Å². The van der Waals surface area contributed by atoms with Crippen LogP contribution in [0.25, 0.3) is 22.8 Å². The second-order valence-electron chi connectivity index (χ2n) is 7.34. The van der Waals surface area contributed by atoms with Crippen LogP contribution in [0.1, 0.15) is 16.8 Å². The van der Waals surface area contributed by atoms with E-state index in [2.05, 4.69) is 52.9 Å². The van der Waals surface area contributed by atoms with Crippen molar-refractivity contribution in [2.75, 3.05) is 10.6 Å². The van der Waals surface area contributed by atoms with Gasteiger partial charge in [0.05, 0.1) is 11.3 Å². The minimum Gasteiger partial charge on any atom is -0.362 e. The number of carbonyl (C=O) groups is 1. The molecule has 4 nitrogen and oxygen atoms in total. The van der Waals surface area contributed by atoms with Gasteiger partial charge >= 0.3 is 0 Å². The Balaban J connectivity index is 1.44. The fourth-order valence-electron chi connectivity index (χ4n) is 3.74. The number of aryl methyl sites for hydroxylation is 1. The normalized spacial score (nSPS) is 13.9. The van der Waals surface area contributed by atoms with Gasteiger partial charge in [-0.25, -0.2) is 0 Å². The molecule has 0 unspecified atom stereocenters. The first-order valence-electron chi connectivity index (χ1n) is 9.82. The summed E-state index contributed by atoms with van der Waals surface area (Å²) in [6.07, 6.45) is 3.72. The minimum atomic E-state index is -0.0882. The van der Waals surface area contributed by atoms with Gasteiger partial charge < -0.3 is 15.6 Å². The number of anilines is 3. The molecule has 0 aliphatic carbocycles. The lowest BCUT2D eigenvalue weighted by molar-refractivity contribution is -0.110. The fraction of sp³-hybridized carbons (Fsp3) is 0.0385. The molecule has 4 heteroatoms. The van der Waals surface area contributed by atoms with Crippen LogP contribution in [0.2, 0.25) is 0 Å². The van der Waals surface area contributed by atoms with Gasteiger partial charge in [0.15, 0.2) is 0 Å². The Morgan fingerprint density at radius 2 is 1.83 bits per heavy atom. The van der Waals surface area contributed by atoms with Crippen LogP contribution in [0.3, 0.4) is 0 Å². The lowest BCUT2D eigenvalue weighted by Gasteiger charge is -2.12. The Bertz CT molecular complexity index is 1250. The van der Waals surface area contributed by atoms with Gasteiger partial charge in [-0.05, 0) is 78.2 Å². The quantitative estimate of drug-likeness (QED) is 0.373. The van der Waals surface area contributed by atoms with Crippen molar-refractivity contribution in [3.8, 4) is 11.1 Å². The number of rotatable bonds is 4. The first-order valence-corrected chi connectivity index (χ1v) is 9.82. The Morgan fingerprint density at radius 3 is 2.63 bits per heavy atom. The smallest absolute Gasteiger partial charge is 0.256 e. The molecule has 1 aliphatic rings. The van der Waals surface area contributed by atoms with Crippen molar-refractivity contribution in [1.29, 1.82) is 0 Å². The SMILES string of the molecule is Cc1ccc(Nc2ccc3c(c2)NC(=O)C3=Cc2ccc[nH]2)cc1-c1c[c]ccc1. The highest BCUT2D eigenvalue weighted by Crippen LogP contribution is 2.36. The summed E-state index contributed by atoms with van der Waals surface area (Å²) in [6.45, 7) is 2.11. The highest BCUT2D eigenvalue weighted by Gasteiger charge is 2.24. The van der Waals surface area contributed by atoms with Crippen LogP contribution < -0.4 is 10.6 Å². The van der Waals surface area contributed by atoms with Crippen molar-refractivity contribution in [2.24, 2.45) is 0 Å². The first kappa shape index (κ1) is 18.0. The lowest BCUT2D eigenvalue weighted by atomic mass is 10.00. The van der Waals surface area contributed by atoms with E-state index in [0.717, 1.165) is 33.9 Å². The lowest BCUT2D eigenvalue weighted by Crippen LogP contribution is -2.03. The number of fused-ring (bicyclic) bond motifs is 1. The van der Waals surface area contributed by atoms with E-state index in [9.17, 15) is 4.79 Å². The average molecular weight is 390 g/mol. The molecule has 0 bridgehead atoms. The van der Waals surface area contributed by atoms with E-state index in [4.69, 9.17) is 0 Å². The molecule has 1 aromatic heterocycles. The van der Waals surface area contributed by atoms with Gasteiger partial charge in [0.2, 0.25) is 0 Å². The molecule has 3 N–H and O–H groups in total. The van der Waals surface area contributed by atoms with Crippen molar-refractivity contribution >= 4 is 34.6 Å². The maximum absolute atomic E-state index is 12.4. The van der Waals surface area contributed by atoms with E-state index in [1.165, 1.54) is 11.1 Å². The van der Waals surface area contributed by atoms with Gasteiger partial charge in [-0.1, -0.05) is 30.3 Å². The summed E-state index contributed by atoms with van der Waals surface area (Å²) >= 11 is 0. The van der Waals surface area contributed by atoms with E-state index in [1.54, 1.807) is 0 Å². The summed E-state index contributed by atoms with van der Waals surface area (Å²) in [5.41, 5.74) is 8.72. The average Bonchev–Trinajstić information content (AvgIpc) is 3.38. The van der Waals surface area contributed by atoms with E-state index in [-0.39, 0.29) is 5.91 Å². The second kappa shape index (κ2) is 7.41. The topological polar surface area (TPSA) is 56.9 Å². The van der Waals surface area contributed by atoms with Crippen LogP contribution in [-0.4, -0.2) is 10.9 Å². The van der Waals surface area contributed by atoms with Gasteiger partial charge in [0.25, 0.3) is 5.91 Å². The van der Waals surface area contributed by atoms with Crippen LogP contribution in [0.5, 0.6) is 0 Å². The number of aromatic amines is 1. The molecule has 3 aromatic carbocycles. The molecule has 0 saturated carbocycles. The molecule has 5 rings (SSSR count). The predicted molar refractivity (Wildman–Crippen MR) is 122 cm³/mol. The summed E-state index contributed by atoms with van der Waals surface area (Å²) in [4.78, 5) is 15.6. The van der Waals surface area contributed by atoms with Crippen LogP contribution in [0.4, 0.5) is 17.1 Å². The van der Waals surface area contributed by atoms with Crippen molar-refractivity contribution in [3.05, 3.63) is 102 Å². The summed E-state index contributed by atoms with van der Waals surface area (Å²) in [5, 5.41) is 6.43. The van der Waals surface area contributed by atoms with Crippen molar-refractivity contribution in [1.82, 2.24) is 4.98 Å². The maximum atomic E-state index is 12.4. The van der Waals surface area contributed by atoms with Crippen LogP contribution in [0.15, 0.2) is 79.0 Å². The fourth-order valence-corrected chi connectivity index (χ4v) is 3.74. The van der Waals surface area contributed by atoms with Gasteiger partial charge in [-0.3, -0.25) is 4.79 Å². The van der Waals surface area contributed by atoms with Gasteiger partial charge in [-0.15, -0.1) is 0 Å². The second-order valence-corrected chi connectivity index (χ2v) is 7.34. The zero-order valence-electron chi connectivity index (χ0n) is 16.5. The Morgan fingerprint density at radius 1 is 0.967 bits per heavy atom. The largest absolute Gasteiger partial charge is 0.362 e.